The maximum absolute atomic E-state index is 6.20. The summed E-state index contributed by atoms with van der Waals surface area (Å²) in [4.78, 5) is 0. The van der Waals surface area contributed by atoms with Gasteiger partial charge < -0.3 is 14.2 Å². The van der Waals surface area contributed by atoms with Crippen LogP contribution in [0.25, 0.3) is 33.4 Å². The molecule has 0 fully saturated rings. The highest BCUT2D eigenvalue weighted by molar-refractivity contribution is 5.81. The van der Waals surface area contributed by atoms with Crippen molar-refractivity contribution in [1.29, 1.82) is 0 Å². The van der Waals surface area contributed by atoms with E-state index in [2.05, 4.69) is 112 Å². The Morgan fingerprint density at radius 2 is 0.413 bits per heavy atom. The maximum Gasteiger partial charge on any atom is 0.119 e. The summed E-state index contributed by atoms with van der Waals surface area (Å²) in [5.41, 5.74) is 7.18. The van der Waals surface area contributed by atoms with Crippen molar-refractivity contribution in [2.24, 2.45) is 0 Å². The highest BCUT2D eigenvalue weighted by atomic mass is 16.5. The minimum Gasteiger partial charge on any atom is -0.494 e. The predicted molar refractivity (Wildman–Crippen MR) is 275 cm³/mol. The molecule has 4 aromatic carbocycles. The van der Waals surface area contributed by atoms with Crippen LogP contribution in [0, 0.1) is 0 Å². The molecule has 0 bridgehead atoms. The number of hydrogen-bond donors (Lipinski definition) is 0. The molecule has 348 valence electrons. The summed E-state index contributed by atoms with van der Waals surface area (Å²) in [6.45, 7) is 9.22. The van der Waals surface area contributed by atoms with Crippen LogP contribution in [0.3, 0.4) is 0 Å². The van der Waals surface area contributed by atoms with E-state index in [0.717, 1.165) is 56.3 Å². The molecule has 0 saturated heterocycles. The number of rotatable bonds is 39. The van der Waals surface area contributed by atoms with Gasteiger partial charge in [-0.05, 0) is 107 Å². The molecule has 3 heteroatoms. The van der Waals surface area contributed by atoms with Crippen molar-refractivity contribution in [2.75, 3.05) is 19.8 Å². The molecule has 0 amide bonds. The highest BCUT2D eigenvalue weighted by Crippen LogP contribution is 2.35. The summed E-state index contributed by atoms with van der Waals surface area (Å²) in [7, 11) is 0. The molecule has 4 rings (SSSR count). The Morgan fingerprint density at radius 3 is 0.619 bits per heavy atom. The van der Waals surface area contributed by atoms with Crippen LogP contribution in [0.1, 0.15) is 213 Å². The van der Waals surface area contributed by atoms with Crippen LogP contribution in [0.4, 0.5) is 0 Å². The lowest BCUT2D eigenvalue weighted by molar-refractivity contribution is 0.304. The van der Waals surface area contributed by atoms with Crippen LogP contribution < -0.4 is 14.2 Å². The zero-order valence-corrected chi connectivity index (χ0v) is 40.7. The molecule has 0 N–H and O–H groups in total. The molecular formula is C60H90O3. The molecule has 0 atom stereocenters. The number of benzene rings is 4. The third-order valence-corrected chi connectivity index (χ3v) is 12.8. The van der Waals surface area contributed by atoms with Crippen molar-refractivity contribution >= 4 is 0 Å². The van der Waals surface area contributed by atoms with Crippen molar-refractivity contribution in [2.45, 2.75) is 213 Å². The van der Waals surface area contributed by atoms with Gasteiger partial charge in [0.15, 0.2) is 0 Å². The highest BCUT2D eigenvalue weighted by Gasteiger charge is 2.10. The average Bonchev–Trinajstić information content (AvgIpc) is 3.32. The first-order valence-electron chi connectivity index (χ1n) is 26.5. The van der Waals surface area contributed by atoms with E-state index in [1.165, 1.54) is 207 Å². The van der Waals surface area contributed by atoms with Crippen LogP contribution >= 0.6 is 0 Å². The Kier molecular flexibility index (Phi) is 28.6. The van der Waals surface area contributed by atoms with Crippen molar-refractivity contribution < 1.29 is 14.2 Å². The quantitative estimate of drug-likeness (QED) is 0.0419. The van der Waals surface area contributed by atoms with Crippen molar-refractivity contribution in [3.63, 3.8) is 0 Å². The molecule has 0 saturated carbocycles. The SMILES string of the molecule is CCCCCCCCCCCCOc1ccc(-c2cc(-c3ccc(OCCCCCCCCCCCC)cc3)cc(-c3ccc(OCCCCCCCCCCCC)cc3)c2)cc1. The second-order valence-electron chi connectivity index (χ2n) is 18.5. The molecular weight excluding hydrogens is 769 g/mol. The molecule has 0 aliphatic carbocycles. The number of hydrogen-bond acceptors (Lipinski definition) is 3. The third kappa shape index (κ3) is 23.2. The lowest BCUT2D eigenvalue weighted by Crippen LogP contribution is -1.97. The number of ether oxygens (including phenoxy) is 3. The average molecular weight is 859 g/mol. The summed E-state index contributed by atoms with van der Waals surface area (Å²) in [5.74, 6) is 2.86. The topological polar surface area (TPSA) is 27.7 Å². The molecule has 0 spiro atoms. The van der Waals surface area contributed by atoms with Gasteiger partial charge in [0.1, 0.15) is 17.2 Å². The summed E-state index contributed by atoms with van der Waals surface area (Å²) in [6, 6.07) is 33.1. The Labute approximate surface area is 387 Å². The first-order valence-corrected chi connectivity index (χ1v) is 26.5. The van der Waals surface area contributed by atoms with Gasteiger partial charge in [-0.3, -0.25) is 0 Å². The fourth-order valence-corrected chi connectivity index (χ4v) is 8.70. The molecule has 0 unspecified atom stereocenters. The monoisotopic (exact) mass is 859 g/mol. The van der Waals surface area contributed by atoms with Crippen LogP contribution in [0.5, 0.6) is 17.2 Å². The molecule has 0 heterocycles. The fourth-order valence-electron chi connectivity index (χ4n) is 8.70. The first kappa shape index (κ1) is 51.9. The zero-order chi connectivity index (χ0) is 44.3. The maximum atomic E-state index is 6.20. The van der Waals surface area contributed by atoms with E-state index in [-0.39, 0.29) is 0 Å². The summed E-state index contributed by atoms with van der Waals surface area (Å²) in [5, 5.41) is 0. The predicted octanol–water partition coefficient (Wildman–Crippen LogP) is 19.6. The molecule has 0 aromatic heterocycles. The molecule has 0 radical (unpaired) electrons. The van der Waals surface area contributed by atoms with E-state index in [1.54, 1.807) is 0 Å². The Balaban J connectivity index is 1.31. The number of unbranched alkanes of at least 4 members (excludes halogenated alkanes) is 27. The van der Waals surface area contributed by atoms with Gasteiger partial charge in [-0.2, -0.15) is 0 Å². The molecule has 63 heavy (non-hydrogen) atoms. The van der Waals surface area contributed by atoms with Crippen LogP contribution in [-0.4, -0.2) is 19.8 Å². The fraction of sp³-hybridized carbons (Fsp3) is 0.600. The summed E-state index contributed by atoms with van der Waals surface area (Å²) < 4.78 is 18.6. The first-order chi connectivity index (χ1) is 31.2. The van der Waals surface area contributed by atoms with E-state index in [0.29, 0.717) is 0 Å². The summed E-state index contributed by atoms with van der Waals surface area (Å²) >= 11 is 0. The van der Waals surface area contributed by atoms with Gasteiger partial charge in [0.25, 0.3) is 0 Å². The van der Waals surface area contributed by atoms with E-state index < -0.39 is 0 Å². The van der Waals surface area contributed by atoms with Crippen LogP contribution in [-0.2, 0) is 0 Å². The standard InChI is InChI=1S/C60H90O3/c1-4-7-10-13-16-19-22-25-28-31-46-61-58-40-34-52(35-41-58)55-49-56(53-36-42-59(43-37-53)62-47-32-29-26-23-20-17-14-11-8-5-2)51-57(50-55)54-38-44-60(45-39-54)63-48-33-30-27-24-21-18-15-12-9-6-3/h34-45,49-51H,4-33,46-48H2,1-3H3. The molecule has 0 aliphatic rings. The largest absolute Gasteiger partial charge is 0.494 e. The van der Waals surface area contributed by atoms with Gasteiger partial charge in [0, 0.05) is 0 Å². The smallest absolute Gasteiger partial charge is 0.119 e. The summed E-state index contributed by atoms with van der Waals surface area (Å²) in [6.07, 6.45) is 40.1. The second-order valence-corrected chi connectivity index (χ2v) is 18.5. The molecule has 4 aromatic rings. The Morgan fingerprint density at radius 1 is 0.222 bits per heavy atom. The van der Waals surface area contributed by atoms with E-state index in [1.807, 2.05) is 0 Å². The van der Waals surface area contributed by atoms with Gasteiger partial charge in [-0.1, -0.05) is 231 Å². The molecule has 0 aliphatic heterocycles. The Bertz CT molecular complexity index is 1450. The zero-order valence-electron chi connectivity index (χ0n) is 40.7. The van der Waals surface area contributed by atoms with Gasteiger partial charge in [0.05, 0.1) is 19.8 Å². The Hall–Kier alpha value is -3.72. The lowest BCUT2D eigenvalue weighted by atomic mass is 9.93. The van der Waals surface area contributed by atoms with Crippen molar-refractivity contribution in [3.05, 3.63) is 91.0 Å². The minimum absolute atomic E-state index is 0.785. The van der Waals surface area contributed by atoms with E-state index in [4.69, 9.17) is 14.2 Å². The van der Waals surface area contributed by atoms with Gasteiger partial charge in [-0.25, -0.2) is 0 Å². The van der Waals surface area contributed by atoms with Gasteiger partial charge >= 0.3 is 0 Å². The van der Waals surface area contributed by atoms with E-state index in [9.17, 15) is 0 Å². The van der Waals surface area contributed by atoms with Crippen molar-refractivity contribution in [3.8, 4) is 50.6 Å². The van der Waals surface area contributed by atoms with Crippen molar-refractivity contribution in [1.82, 2.24) is 0 Å². The molecule has 3 nitrogen and oxygen atoms in total. The minimum atomic E-state index is 0.785. The lowest BCUT2D eigenvalue weighted by Gasteiger charge is -2.13. The van der Waals surface area contributed by atoms with Gasteiger partial charge in [0.2, 0.25) is 0 Å². The second kappa shape index (κ2) is 34.7. The van der Waals surface area contributed by atoms with Crippen LogP contribution in [0.2, 0.25) is 0 Å². The van der Waals surface area contributed by atoms with Crippen LogP contribution in [0.15, 0.2) is 91.0 Å². The third-order valence-electron chi connectivity index (χ3n) is 12.8. The van der Waals surface area contributed by atoms with Gasteiger partial charge in [-0.15, -0.1) is 0 Å². The van der Waals surface area contributed by atoms with E-state index >= 15 is 0 Å². The normalized spacial score (nSPS) is 11.3.